The minimum Gasteiger partial charge on any atom is -0.389 e. The van der Waals surface area contributed by atoms with Crippen molar-refractivity contribution >= 4 is 34.2 Å². The van der Waals surface area contributed by atoms with E-state index in [1.54, 1.807) is 11.3 Å². The van der Waals surface area contributed by atoms with Crippen LogP contribution in [0.25, 0.3) is 0 Å². The molecule has 0 spiro atoms. The Kier molecular flexibility index (Phi) is 3.99. The van der Waals surface area contributed by atoms with E-state index >= 15 is 0 Å². The predicted molar refractivity (Wildman–Crippen MR) is 83.4 cm³/mol. The number of thiophene rings is 1. The molecule has 0 saturated carbocycles. The number of thiocarbonyl (C=S) groups is 1. The van der Waals surface area contributed by atoms with Gasteiger partial charge in [0.15, 0.2) is 0 Å². The summed E-state index contributed by atoms with van der Waals surface area (Å²) in [5, 5.41) is 7.77. The molecular weight excluding hydrogens is 260 g/mol. The Morgan fingerprint density at radius 1 is 1.28 bits per heavy atom. The lowest BCUT2D eigenvalue weighted by Crippen LogP contribution is -2.14. The normalized spacial score (nSPS) is 10.3. The SMILES string of the molecule is Cc1cscc1CNc1c(C)cccc1C(N)=S. The van der Waals surface area contributed by atoms with Gasteiger partial charge in [-0.1, -0.05) is 24.4 Å². The molecule has 3 N–H and O–H groups in total. The number of hydrogen-bond donors (Lipinski definition) is 2. The summed E-state index contributed by atoms with van der Waals surface area (Å²) in [5.41, 5.74) is 11.5. The van der Waals surface area contributed by atoms with Crippen molar-refractivity contribution in [2.24, 2.45) is 5.73 Å². The van der Waals surface area contributed by atoms with Gasteiger partial charge in [0, 0.05) is 17.8 Å². The second-order valence-electron chi connectivity index (χ2n) is 4.30. The summed E-state index contributed by atoms with van der Waals surface area (Å²) in [6.45, 7) is 4.99. The number of aryl methyl sites for hydroxylation is 2. The fraction of sp³-hybridized carbons (Fsp3) is 0.214. The molecule has 0 unspecified atom stereocenters. The zero-order chi connectivity index (χ0) is 13.1. The topological polar surface area (TPSA) is 38.0 Å². The summed E-state index contributed by atoms with van der Waals surface area (Å²) in [5.74, 6) is 0. The van der Waals surface area contributed by atoms with Crippen molar-refractivity contribution in [1.82, 2.24) is 0 Å². The summed E-state index contributed by atoms with van der Waals surface area (Å²) in [4.78, 5) is 0.434. The molecular formula is C14H16N2S2. The van der Waals surface area contributed by atoms with Crippen molar-refractivity contribution in [2.75, 3.05) is 5.32 Å². The van der Waals surface area contributed by atoms with Crippen LogP contribution in [0.3, 0.4) is 0 Å². The molecule has 2 nitrogen and oxygen atoms in total. The first-order valence-electron chi connectivity index (χ1n) is 5.74. The van der Waals surface area contributed by atoms with Crippen LogP contribution in [0.5, 0.6) is 0 Å². The van der Waals surface area contributed by atoms with E-state index in [0.29, 0.717) is 4.99 Å². The van der Waals surface area contributed by atoms with Gasteiger partial charge in [-0.05, 0) is 47.4 Å². The lowest BCUT2D eigenvalue weighted by Gasteiger charge is -2.14. The molecule has 0 saturated heterocycles. The average Bonchev–Trinajstić information content (AvgIpc) is 2.73. The predicted octanol–water partition coefficient (Wildman–Crippen LogP) is 3.61. The standard InChI is InChI=1S/C14H16N2S2/c1-9-4-3-5-12(14(15)17)13(9)16-6-11-8-18-7-10(11)2/h3-5,7-8,16H,6H2,1-2H3,(H2,15,17). The van der Waals surface area contributed by atoms with Crippen molar-refractivity contribution in [3.63, 3.8) is 0 Å². The Morgan fingerprint density at radius 2 is 2.06 bits per heavy atom. The van der Waals surface area contributed by atoms with E-state index in [1.165, 1.54) is 11.1 Å². The van der Waals surface area contributed by atoms with Crippen molar-refractivity contribution in [2.45, 2.75) is 20.4 Å². The summed E-state index contributed by atoms with van der Waals surface area (Å²) < 4.78 is 0. The molecule has 0 aliphatic rings. The molecule has 1 aromatic carbocycles. The number of para-hydroxylation sites is 1. The molecule has 0 radical (unpaired) electrons. The van der Waals surface area contributed by atoms with Crippen molar-refractivity contribution < 1.29 is 0 Å². The minimum atomic E-state index is 0.434. The van der Waals surface area contributed by atoms with E-state index in [1.807, 2.05) is 12.1 Å². The highest BCUT2D eigenvalue weighted by atomic mass is 32.1. The molecule has 2 aromatic rings. The molecule has 0 aliphatic carbocycles. The zero-order valence-corrected chi connectivity index (χ0v) is 12.1. The van der Waals surface area contributed by atoms with Crippen LogP contribution in [0.2, 0.25) is 0 Å². The largest absolute Gasteiger partial charge is 0.389 e. The summed E-state index contributed by atoms with van der Waals surface area (Å²) in [6, 6.07) is 5.99. The van der Waals surface area contributed by atoms with Crippen LogP contribution in [0, 0.1) is 13.8 Å². The van der Waals surface area contributed by atoms with Crippen LogP contribution in [0.4, 0.5) is 5.69 Å². The molecule has 0 aliphatic heterocycles. The van der Waals surface area contributed by atoms with E-state index in [9.17, 15) is 0 Å². The molecule has 0 amide bonds. The third-order valence-electron chi connectivity index (χ3n) is 2.96. The molecule has 2 rings (SSSR count). The molecule has 1 aromatic heterocycles. The van der Waals surface area contributed by atoms with Gasteiger partial charge in [-0.25, -0.2) is 0 Å². The van der Waals surface area contributed by atoms with E-state index in [0.717, 1.165) is 23.4 Å². The van der Waals surface area contributed by atoms with Gasteiger partial charge in [0.1, 0.15) is 4.99 Å². The van der Waals surface area contributed by atoms with Crippen LogP contribution in [-0.4, -0.2) is 4.99 Å². The Hall–Kier alpha value is -1.39. The smallest absolute Gasteiger partial charge is 0.106 e. The number of nitrogens with one attached hydrogen (secondary N) is 1. The fourth-order valence-electron chi connectivity index (χ4n) is 1.86. The highest BCUT2D eigenvalue weighted by Gasteiger charge is 2.08. The summed E-state index contributed by atoms with van der Waals surface area (Å²) in [7, 11) is 0. The van der Waals surface area contributed by atoms with Crippen LogP contribution in [0.1, 0.15) is 22.3 Å². The zero-order valence-electron chi connectivity index (χ0n) is 10.5. The lowest BCUT2D eigenvalue weighted by molar-refractivity contribution is 1.13. The second kappa shape index (κ2) is 5.50. The van der Waals surface area contributed by atoms with Gasteiger partial charge in [-0.15, -0.1) is 0 Å². The van der Waals surface area contributed by atoms with E-state index in [4.69, 9.17) is 18.0 Å². The number of anilines is 1. The third-order valence-corrected chi connectivity index (χ3v) is 4.09. The maximum atomic E-state index is 5.76. The second-order valence-corrected chi connectivity index (χ2v) is 5.48. The van der Waals surface area contributed by atoms with Gasteiger partial charge >= 0.3 is 0 Å². The van der Waals surface area contributed by atoms with E-state index in [-0.39, 0.29) is 0 Å². The number of hydrogen-bond acceptors (Lipinski definition) is 3. The fourth-order valence-corrected chi connectivity index (χ4v) is 2.89. The van der Waals surface area contributed by atoms with Gasteiger partial charge in [-0.3, -0.25) is 0 Å². The maximum Gasteiger partial charge on any atom is 0.106 e. The van der Waals surface area contributed by atoms with Crippen molar-refractivity contribution in [1.29, 1.82) is 0 Å². The van der Waals surface area contributed by atoms with Crippen LogP contribution >= 0.6 is 23.6 Å². The maximum absolute atomic E-state index is 5.76. The average molecular weight is 276 g/mol. The van der Waals surface area contributed by atoms with Crippen molar-refractivity contribution in [3.05, 3.63) is 51.2 Å². The first-order valence-corrected chi connectivity index (χ1v) is 7.09. The monoisotopic (exact) mass is 276 g/mol. The first-order chi connectivity index (χ1) is 8.59. The van der Waals surface area contributed by atoms with Crippen LogP contribution < -0.4 is 11.1 Å². The van der Waals surface area contributed by atoms with E-state index < -0.39 is 0 Å². The summed E-state index contributed by atoms with van der Waals surface area (Å²) >= 11 is 6.81. The van der Waals surface area contributed by atoms with Gasteiger partial charge < -0.3 is 11.1 Å². The highest BCUT2D eigenvalue weighted by Crippen LogP contribution is 2.22. The van der Waals surface area contributed by atoms with Crippen LogP contribution in [-0.2, 0) is 6.54 Å². The molecule has 1 heterocycles. The first kappa shape index (κ1) is 13.1. The van der Waals surface area contributed by atoms with E-state index in [2.05, 4.69) is 36.0 Å². The molecule has 0 fully saturated rings. The molecule has 4 heteroatoms. The number of benzene rings is 1. The van der Waals surface area contributed by atoms with Gasteiger partial charge in [0.05, 0.1) is 0 Å². The number of rotatable bonds is 4. The molecule has 0 atom stereocenters. The Bertz CT molecular complexity index is 573. The Labute approximate surface area is 117 Å². The van der Waals surface area contributed by atoms with Gasteiger partial charge in [0.2, 0.25) is 0 Å². The lowest BCUT2D eigenvalue weighted by atomic mass is 10.1. The van der Waals surface area contributed by atoms with Gasteiger partial charge in [0.25, 0.3) is 0 Å². The molecule has 94 valence electrons. The number of nitrogens with two attached hydrogens (primary N) is 1. The van der Waals surface area contributed by atoms with Crippen LogP contribution in [0.15, 0.2) is 29.0 Å². The van der Waals surface area contributed by atoms with Crippen molar-refractivity contribution in [3.8, 4) is 0 Å². The van der Waals surface area contributed by atoms with Gasteiger partial charge in [-0.2, -0.15) is 11.3 Å². The quantitative estimate of drug-likeness (QED) is 0.838. The molecule has 18 heavy (non-hydrogen) atoms. The highest BCUT2D eigenvalue weighted by molar-refractivity contribution is 7.80. The minimum absolute atomic E-state index is 0.434. The third kappa shape index (κ3) is 2.71. The Morgan fingerprint density at radius 3 is 2.67 bits per heavy atom. The Balaban J connectivity index is 2.24. The molecule has 0 bridgehead atoms. The summed E-state index contributed by atoms with van der Waals surface area (Å²) in [6.07, 6.45) is 0.